The predicted octanol–water partition coefficient (Wildman–Crippen LogP) is 5.58. The van der Waals surface area contributed by atoms with E-state index in [0.29, 0.717) is 24.2 Å². The summed E-state index contributed by atoms with van der Waals surface area (Å²) in [6.07, 6.45) is 5.88. The van der Waals surface area contributed by atoms with Gasteiger partial charge >= 0.3 is 0 Å². The molecule has 0 fully saturated rings. The largest absolute Gasteiger partial charge is 0.385 e. The Balaban J connectivity index is 1.90. The van der Waals surface area contributed by atoms with Crippen molar-refractivity contribution >= 4 is 33.4 Å². The van der Waals surface area contributed by atoms with Crippen LogP contribution in [0.1, 0.15) is 59.2 Å². The van der Waals surface area contributed by atoms with Gasteiger partial charge in [0.15, 0.2) is 0 Å². The summed E-state index contributed by atoms with van der Waals surface area (Å²) in [6, 6.07) is 15.1. The number of hydrogen-bond acceptors (Lipinski definition) is 6. The van der Waals surface area contributed by atoms with Gasteiger partial charge < -0.3 is 20.1 Å². The Bertz CT molecular complexity index is 808. The van der Waals surface area contributed by atoms with Crippen LogP contribution < -0.4 is 10.6 Å². The number of ether oxygens (including phenoxy) is 2. The van der Waals surface area contributed by atoms with E-state index in [-0.39, 0.29) is 11.8 Å². The van der Waals surface area contributed by atoms with Crippen molar-refractivity contribution in [1.82, 2.24) is 10.6 Å². The van der Waals surface area contributed by atoms with Gasteiger partial charge in [0, 0.05) is 50.3 Å². The fourth-order valence-electron chi connectivity index (χ4n) is 3.23. The lowest BCUT2D eigenvalue weighted by molar-refractivity contribution is 0.0941. The summed E-state index contributed by atoms with van der Waals surface area (Å²) in [5, 5.41) is 6.02. The topological polar surface area (TPSA) is 76.7 Å². The first-order valence-corrected chi connectivity index (χ1v) is 13.9. The van der Waals surface area contributed by atoms with Crippen LogP contribution >= 0.6 is 21.6 Å². The number of unbranched alkanes of at least 4 members (excludes halogenated alkanes) is 4. The first-order chi connectivity index (χ1) is 16.7. The van der Waals surface area contributed by atoms with E-state index in [1.54, 1.807) is 14.2 Å². The highest BCUT2D eigenvalue weighted by Crippen LogP contribution is 2.40. The molecule has 2 rings (SSSR count). The second-order valence-electron chi connectivity index (χ2n) is 7.78. The van der Waals surface area contributed by atoms with E-state index in [9.17, 15) is 9.59 Å². The van der Waals surface area contributed by atoms with Crippen LogP contribution in [0.5, 0.6) is 0 Å². The summed E-state index contributed by atoms with van der Waals surface area (Å²) >= 11 is 0. The molecule has 0 radical (unpaired) electrons. The van der Waals surface area contributed by atoms with Crippen LogP contribution in [-0.4, -0.2) is 52.3 Å². The van der Waals surface area contributed by atoms with Crippen molar-refractivity contribution in [3.8, 4) is 0 Å². The number of benzene rings is 2. The highest BCUT2D eigenvalue weighted by atomic mass is 33.1. The molecule has 0 aliphatic heterocycles. The molecule has 0 spiro atoms. The third-order valence-corrected chi connectivity index (χ3v) is 7.59. The molecule has 6 nitrogen and oxygen atoms in total. The van der Waals surface area contributed by atoms with E-state index in [1.807, 2.05) is 48.5 Å². The standard InChI is InChI=1S/C26H36N2O4S2/c1-31-19-11-3-9-17-27-25(29)21-13-5-7-15-23(21)33-34-24-16-8-6-14-22(24)26(30)28-18-10-4-12-20-32-2/h5-8,13-16H,3-4,9-12,17-20H2,1-2H3,(H,27,29)(H,28,30). The lowest BCUT2D eigenvalue weighted by Crippen LogP contribution is -2.25. The first kappa shape index (κ1) is 28.2. The van der Waals surface area contributed by atoms with E-state index in [4.69, 9.17) is 9.47 Å². The Kier molecular flexibility index (Phi) is 14.5. The number of carbonyl (C=O) groups is 2. The van der Waals surface area contributed by atoms with Gasteiger partial charge in [0.25, 0.3) is 11.8 Å². The monoisotopic (exact) mass is 504 g/mol. The molecule has 2 aromatic rings. The maximum Gasteiger partial charge on any atom is 0.252 e. The van der Waals surface area contributed by atoms with Crippen molar-refractivity contribution in [2.75, 3.05) is 40.5 Å². The van der Waals surface area contributed by atoms with E-state index in [1.165, 1.54) is 21.6 Å². The van der Waals surface area contributed by atoms with Gasteiger partial charge in [0.1, 0.15) is 0 Å². The van der Waals surface area contributed by atoms with Crippen molar-refractivity contribution < 1.29 is 19.1 Å². The molecule has 0 heterocycles. The number of nitrogens with one attached hydrogen (secondary N) is 2. The van der Waals surface area contributed by atoms with Gasteiger partial charge in [-0.2, -0.15) is 0 Å². The van der Waals surface area contributed by atoms with Gasteiger partial charge in [-0.1, -0.05) is 45.9 Å². The second kappa shape index (κ2) is 17.4. The van der Waals surface area contributed by atoms with Crippen LogP contribution in [0.25, 0.3) is 0 Å². The molecule has 186 valence electrons. The molecule has 0 bridgehead atoms. The number of carbonyl (C=O) groups excluding carboxylic acids is 2. The Hall–Kier alpha value is -2.00. The minimum Gasteiger partial charge on any atom is -0.385 e. The lowest BCUT2D eigenvalue weighted by Gasteiger charge is -2.12. The molecule has 0 aliphatic rings. The Morgan fingerprint density at radius 1 is 0.647 bits per heavy atom. The fraction of sp³-hybridized carbons (Fsp3) is 0.462. The summed E-state index contributed by atoms with van der Waals surface area (Å²) in [7, 11) is 6.39. The minimum absolute atomic E-state index is 0.0741. The molecule has 2 amide bonds. The third kappa shape index (κ3) is 10.5. The Labute approximate surface area is 211 Å². The van der Waals surface area contributed by atoms with Gasteiger partial charge in [-0.15, -0.1) is 0 Å². The molecule has 0 aromatic heterocycles. The minimum atomic E-state index is -0.0741. The fourth-order valence-corrected chi connectivity index (χ4v) is 5.59. The molecule has 0 atom stereocenters. The smallest absolute Gasteiger partial charge is 0.252 e. The molecule has 0 unspecified atom stereocenters. The zero-order chi connectivity index (χ0) is 24.4. The molecule has 0 aliphatic carbocycles. The van der Waals surface area contributed by atoms with Gasteiger partial charge in [-0.05, 0) is 62.8 Å². The van der Waals surface area contributed by atoms with Crippen LogP contribution in [0.15, 0.2) is 58.3 Å². The average Bonchev–Trinajstić information content (AvgIpc) is 2.87. The highest BCUT2D eigenvalue weighted by molar-refractivity contribution is 8.76. The van der Waals surface area contributed by atoms with Gasteiger partial charge in [-0.3, -0.25) is 9.59 Å². The zero-order valence-electron chi connectivity index (χ0n) is 20.1. The molecule has 2 N–H and O–H groups in total. The van der Waals surface area contributed by atoms with Crippen molar-refractivity contribution in [3.05, 3.63) is 59.7 Å². The van der Waals surface area contributed by atoms with Gasteiger partial charge in [-0.25, -0.2) is 0 Å². The zero-order valence-corrected chi connectivity index (χ0v) is 21.8. The maximum atomic E-state index is 12.7. The molecule has 8 heteroatoms. The summed E-state index contributed by atoms with van der Waals surface area (Å²) < 4.78 is 10.1. The Morgan fingerprint density at radius 2 is 1.06 bits per heavy atom. The van der Waals surface area contributed by atoms with Crippen LogP contribution in [0, 0.1) is 0 Å². The van der Waals surface area contributed by atoms with Crippen LogP contribution in [-0.2, 0) is 9.47 Å². The molecular weight excluding hydrogens is 468 g/mol. The summed E-state index contributed by atoms with van der Waals surface area (Å²) in [5.41, 5.74) is 1.30. The number of rotatable bonds is 17. The van der Waals surface area contributed by atoms with Crippen molar-refractivity contribution in [2.24, 2.45) is 0 Å². The third-order valence-electron chi connectivity index (χ3n) is 5.11. The van der Waals surface area contributed by atoms with E-state index in [2.05, 4.69) is 10.6 Å². The van der Waals surface area contributed by atoms with E-state index < -0.39 is 0 Å². The molecular formula is C26H36N2O4S2. The lowest BCUT2D eigenvalue weighted by atomic mass is 10.2. The highest BCUT2D eigenvalue weighted by Gasteiger charge is 2.15. The summed E-state index contributed by atoms with van der Waals surface area (Å²) in [5.74, 6) is -0.148. The summed E-state index contributed by atoms with van der Waals surface area (Å²) in [6.45, 7) is 2.78. The number of hydrogen-bond donors (Lipinski definition) is 2. The number of amides is 2. The first-order valence-electron chi connectivity index (χ1n) is 11.7. The molecule has 0 saturated heterocycles. The molecule has 0 saturated carbocycles. The van der Waals surface area contributed by atoms with Gasteiger partial charge in [0.05, 0.1) is 11.1 Å². The quantitative estimate of drug-likeness (QED) is 0.216. The SMILES string of the molecule is COCCCCCNC(=O)c1ccccc1SSc1ccccc1C(=O)NCCCCCOC. The van der Waals surface area contributed by atoms with Crippen LogP contribution in [0.3, 0.4) is 0 Å². The Morgan fingerprint density at radius 3 is 1.47 bits per heavy atom. The van der Waals surface area contributed by atoms with E-state index in [0.717, 1.165) is 61.5 Å². The molecule has 2 aromatic carbocycles. The predicted molar refractivity (Wildman–Crippen MR) is 141 cm³/mol. The maximum absolute atomic E-state index is 12.7. The number of methoxy groups -OCH3 is 2. The summed E-state index contributed by atoms with van der Waals surface area (Å²) in [4.78, 5) is 27.2. The van der Waals surface area contributed by atoms with Crippen LogP contribution in [0.4, 0.5) is 0 Å². The normalized spacial score (nSPS) is 10.8. The van der Waals surface area contributed by atoms with Crippen molar-refractivity contribution in [1.29, 1.82) is 0 Å². The second-order valence-corrected chi connectivity index (χ2v) is 9.99. The van der Waals surface area contributed by atoms with E-state index >= 15 is 0 Å². The van der Waals surface area contributed by atoms with Gasteiger partial charge in [0.2, 0.25) is 0 Å². The van der Waals surface area contributed by atoms with Crippen molar-refractivity contribution in [3.63, 3.8) is 0 Å². The molecule has 34 heavy (non-hydrogen) atoms. The van der Waals surface area contributed by atoms with Crippen molar-refractivity contribution in [2.45, 2.75) is 48.3 Å². The van der Waals surface area contributed by atoms with Crippen LogP contribution in [0.2, 0.25) is 0 Å². The average molecular weight is 505 g/mol.